The summed E-state index contributed by atoms with van der Waals surface area (Å²) in [5, 5.41) is 18.1. The van der Waals surface area contributed by atoms with Crippen LogP contribution in [0, 0.1) is 5.92 Å². The molecule has 0 aromatic heterocycles. The van der Waals surface area contributed by atoms with Crippen LogP contribution in [0.3, 0.4) is 0 Å². The van der Waals surface area contributed by atoms with Crippen molar-refractivity contribution in [2.45, 2.75) is 38.8 Å². The molecule has 1 aliphatic heterocycles. The van der Waals surface area contributed by atoms with Gasteiger partial charge >= 0.3 is 0 Å². The molecule has 0 amide bonds. The molecule has 0 unspecified atom stereocenters. The van der Waals surface area contributed by atoms with Gasteiger partial charge in [-0.3, -0.25) is 0 Å². The van der Waals surface area contributed by atoms with Crippen LogP contribution >= 0.6 is 0 Å². The monoisotopic (exact) mass is 190 g/mol. The van der Waals surface area contributed by atoms with Gasteiger partial charge in [-0.05, 0) is 13.8 Å². The van der Waals surface area contributed by atoms with Gasteiger partial charge < -0.3 is 19.7 Å². The fourth-order valence-electron chi connectivity index (χ4n) is 1.39. The van der Waals surface area contributed by atoms with Gasteiger partial charge in [0.05, 0.1) is 25.4 Å². The van der Waals surface area contributed by atoms with Crippen LogP contribution in [-0.4, -0.2) is 41.4 Å². The van der Waals surface area contributed by atoms with E-state index in [0.29, 0.717) is 6.61 Å². The maximum atomic E-state index is 9.37. The molecule has 3 atom stereocenters. The fraction of sp³-hybridized carbons (Fsp3) is 1.00. The second kappa shape index (κ2) is 3.92. The second-order valence-corrected chi connectivity index (χ2v) is 3.98. The van der Waals surface area contributed by atoms with Gasteiger partial charge in [0.1, 0.15) is 0 Å². The van der Waals surface area contributed by atoms with Crippen LogP contribution in [0.15, 0.2) is 0 Å². The highest BCUT2D eigenvalue weighted by Crippen LogP contribution is 2.27. The summed E-state index contributed by atoms with van der Waals surface area (Å²) < 4.78 is 10.9. The van der Waals surface area contributed by atoms with Crippen LogP contribution < -0.4 is 0 Å². The predicted octanol–water partition coefficient (Wildman–Crippen LogP) is 0.127. The molecular formula is C9H18O4. The van der Waals surface area contributed by atoms with Crippen LogP contribution in [0.25, 0.3) is 0 Å². The Kier molecular flexibility index (Phi) is 3.29. The van der Waals surface area contributed by atoms with E-state index in [-0.39, 0.29) is 18.6 Å². The van der Waals surface area contributed by atoms with Crippen LogP contribution in [-0.2, 0) is 9.47 Å². The van der Waals surface area contributed by atoms with E-state index < -0.39 is 11.9 Å². The number of hydrogen-bond acceptors (Lipinski definition) is 4. The summed E-state index contributed by atoms with van der Waals surface area (Å²) in [5.41, 5.74) is 0. The zero-order valence-electron chi connectivity index (χ0n) is 8.36. The Morgan fingerprint density at radius 3 is 2.54 bits per heavy atom. The minimum absolute atomic E-state index is 0.105. The smallest absolute Gasteiger partial charge is 0.163 e. The lowest BCUT2D eigenvalue weighted by Crippen LogP contribution is -2.34. The van der Waals surface area contributed by atoms with Gasteiger partial charge in [-0.15, -0.1) is 0 Å². The normalized spacial score (nSPS) is 31.6. The van der Waals surface area contributed by atoms with Crippen molar-refractivity contribution in [1.82, 2.24) is 0 Å². The lowest BCUT2D eigenvalue weighted by atomic mass is 9.99. The molecule has 1 aliphatic rings. The number of hydrogen-bond donors (Lipinski definition) is 2. The molecule has 0 aromatic rings. The molecule has 1 heterocycles. The van der Waals surface area contributed by atoms with Crippen LogP contribution in [0.1, 0.15) is 20.8 Å². The zero-order chi connectivity index (χ0) is 10.1. The van der Waals surface area contributed by atoms with E-state index >= 15 is 0 Å². The summed E-state index contributed by atoms with van der Waals surface area (Å²) in [4.78, 5) is 0. The predicted molar refractivity (Wildman–Crippen MR) is 47.2 cm³/mol. The maximum Gasteiger partial charge on any atom is 0.163 e. The summed E-state index contributed by atoms with van der Waals surface area (Å²) in [6.45, 7) is 5.76. The highest BCUT2D eigenvalue weighted by atomic mass is 16.7. The van der Waals surface area contributed by atoms with Crippen molar-refractivity contribution in [2.24, 2.45) is 5.92 Å². The first kappa shape index (κ1) is 10.9. The minimum Gasteiger partial charge on any atom is -0.394 e. The summed E-state index contributed by atoms with van der Waals surface area (Å²) in [6, 6.07) is 0. The Hall–Kier alpha value is -0.160. The standard InChI is InChI=1S/C9H18O4/c1-6(7(11)4-10)8-5-12-9(2,3)13-8/h6-8,10-11H,4-5H2,1-3H3/t6-,7-,8-/m1/s1. The molecule has 0 aliphatic carbocycles. The van der Waals surface area contributed by atoms with Crippen molar-refractivity contribution in [3.05, 3.63) is 0 Å². The van der Waals surface area contributed by atoms with Gasteiger partial charge in [-0.25, -0.2) is 0 Å². The number of rotatable bonds is 3. The molecule has 4 heteroatoms. The van der Waals surface area contributed by atoms with Gasteiger partial charge in [0.25, 0.3) is 0 Å². The summed E-state index contributed by atoms with van der Waals surface area (Å²) >= 11 is 0. The summed E-state index contributed by atoms with van der Waals surface area (Å²) in [7, 11) is 0. The molecule has 78 valence electrons. The Balaban J connectivity index is 2.46. The first-order valence-electron chi connectivity index (χ1n) is 4.57. The Morgan fingerprint density at radius 1 is 1.54 bits per heavy atom. The molecular weight excluding hydrogens is 172 g/mol. The van der Waals surface area contributed by atoms with E-state index in [9.17, 15) is 5.11 Å². The van der Waals surface area contributed by atoms with Crippen molar-refractivity contribution in [3.63, 3.8) is 0 Å². The summed E-state index contributed by atoms with van der Waals surface area (Å²) in [5.74, 6) is -0.666. The summed E-state index contributed by atoms with van der Waals surface area (Å²) in [6.07, 6.45) is -0.861. The zero-order valence-corrected chi connectivity index (χ0v) is 8.36. The maximum absolute atomic E-state index is 9.37. The first-order valence-corrected chi connectivity index (χ1v) is 4.57. The van der Waals surface area contributed by atoms with E-state index in [0.717, 1.165) is 0 Å². The minimum atomic E-state index is -0.734. The molecule has 2 N–H and O–H groups in total. The average Bonchev–Trinajstić information content (AvgIpc) is 2.43. The SMILES string of the molecule is C[C@H]([C@H](O)CO)[C@H]1COC(C)(C)O1. The van der Waals surface area contributed by atoms with Crippen molar-refractivity contribution in [2.75, 3.05) is 13.2 Å². The molecule has 0 aromatic carbocycles. The van der Waals surface area contributed by atoms with Gasteiger partial charge in [0.2, 0.25) is 0 Å². The van der Waals surface area contributed by atoms with Crippen LogP contribution in [0.4, 0.5) is 0 Å². The Morgan fingerprint density at radius 2 is 2.15 bits per heavy atom. The molecule has 0 bridgehead atoms. The molecule has 0 radical (unpaired) electrons. The largest absolute Gasteiger partial charge is 0.394 e. The molecule has 4 nitrogen and oxygen atoms in total. The molecule has 1 rings (SSSR count). The fourth-order valence-corrected chi connectivity index (χ4v) is 1.39. The highest BCUT2D eigenvalue weighted by molar-refractivity contribution is 4.79. The van der Waals surface area contributed by atoms with Crippen LogP contribution in [0.2, 0.25) is 0 Å². The third kappa shape index (κ3) is 2.64. The Bertz CT molecular complexity index is 169. The number of ether oxygens (including phenoxy) is 2. The van der Waals surface area contributed by atoms with Gasteiger partial charge in [-0.2, -0.15) is 0 Å². The van der Waals surface area contributed by atoms with Crippen molar-refractivity contribution >= 4 is 0 Å². The molecule has 0 spiro atoms. The molecule has 13 heavy (non-hydrogen) atoms. The van der Waals surface area contributed by atoms with Crippen molar-refractivity contribution < 1.29 is 19.7 Å². The van der Waals surface area contributed by atoms with Crippen molar-refractivity contribution in [3.8, 4) is 0 Å². The van der Waals surface area contributed by atoms with E-state index in [1.165, 1.54) is 0 Å². The van der Waals surface area contributed by atoms with E-state index in [1.807, 2.05) is 20.8 Å². The van der Waals surface area contributed by atoms with E-state index in [2.05, 4.69) is 0 Å². The molecule has 0 saturated carbocycles. The molecule has 1 saturated heterocycles. The van der Waals surface area contributed by atoms with Gasteiger partial charge in [0, 0.05) is 5.92 Å². The third-order valence-corrected chi connectivity index (χ3v) is 2.41. The van der Waals surface area contributed by atoms with Gasteiger partial charge in [0.15, 0.2) is 5.79 Å². The van der Waals surface area contributed by atoms with E-state index in [1.54, 1.807) is 0 Å². The Labute approximate surface area is 78.5 Å². The van der Waals surface area contributed by atoms with E-state index in [4.69, 9.17) is 14.6 Å². The number of aliphatic hydroxyl groups excluding tert-OH is 2. The first-order chi connectivity index (χ1) is 5.96. The lowest BCUT2D eigenvalue weighted by molar-refractivity contribution is -0.149. The highest BCUT2D eigenvalue weighted by Gasteiger charge is 2.37. The van der Waals surface area contributed by atoms with Gasteiger partial charge in [-0.1, -0.05) is 6.92 Å². The van der Waals surface area contributed by atoms with Crippen LogP contribution in [0.5, 0.6) is 0 Å². The van der Waals surface area contributed by atoms with Crippen molar-refractivity contribution in [1.29, 1.82) is 0 Å². The number of aliphatic hydroxyl groups is 2. The second-order valence-electron chi connectivity index (χ2n) is 3.98. The molecule has 1 fully saturated rings. The lowest BCUT2D eigenvalue weighted by Gasteiger charge is -2.23. The average molecular weight is 190 g/mol. The quantitative estimate of drug-likeness (QED) is 0.664. The third-order valence-electron chi connectivity index (χ3n) is 2.41. The topological polar surface area (TPSA) is 58.9 Å².